The highest BCUT2D eigenvalue weighted by atomic mass is 16.4. The Hall–Kier alpha value is -1.77. The van der Waals surface area contributed by atoms with Gasteiger partial charge in [0.05, 0.1) is 0 Å². The molecule has 1 aromatic heterocycles. The van der Waals surface area contributed by atoms with E-state index < -0.39 is 5.63 Å². The maximum atomic E-state index is 11.4. The lowest BCUT2D eigenvalue weighted by Gasteiger charge is -2.04. The second kappa shape index (κ2) is 3.42. The molecule has 0 saturated heterocycles. The third-order valence-corrected chi connectivity index (χ3v) is 2.68. The Bertz CT molecular complexity index is 570. The quantitative estimate of drug-likeness (QED) is 0.723. The van der Waals surface area contributed by atoms with Crippen LogP contribution in [0.1, 0.15) is 18.1 Å². The second-order valence-electron chi connectivity index (χ2n) is 3.61. The lowest BCUT2D eigenvalue weighted by Crippen LogP contribution is -2.08. The fourth-order valence-corrected chi connectivity index (χ4v) is 1.63. The first kappa shape index (κ1) is 9.77. The van der Waals surface area contributed by atoms with Crippen molar-refractivity contribution in [2.45, 2.75) is 20.3 Å². The lowest BCUT2D eigenvalue weighted by atomic mass is 10.1. The summed E-state index contributed by atoms with van der Waals surface area (Å²) in [5.41, 5.74) is 7.92. The van der Waals surface area contributed by atoms with E-state index in [1.807, 2.05) is 25.1 Å². The molecule has 0 atom stereocenters. The normalized spacial score (nSPS) is 10.8. The summed E-state index contributed by atoms with van der Waals surface area (Å²) in [4.78, 5) is 11.4. The van der Waals surface area contributed by atoms with Crippen molar-refractivity contribution < 1.29 is 4.42 Å². The summed E-state index contributed by atoms with van der Waals surface area (Å²) in [7, 11) is 0. The lowest BCUT2D eigenvalue weighted by molar-refractivity contribution is 0.563. The van der Waals surface area contributed by atoms with Gasteiger partial charge in [-0.05, 0) is 30.5 Å². The van der Waals surface area contributed by atoms with Crippen molar-refractivity contribution in [3.63, 3.8) is 0 Å². The van der Waals surface area contributed by atoms with E-state index in [0.29, 0.717) is 5.58 Å². The summed E-state index contributed by atoms with van der Waals surface area (Å²) in [6.07, 6.45) is 0.920. The van der Waals surface area contributed by atoms with Gasteiger partial charge in [-0.15, -0.1) is 0 Å². The second-order valence-corrected chi connectivity index (χ2v) is 3.61. The largest absolute Gasteiger partial charge is 0.421 e. The highest BCUT2D eigenvalue weighted by Crippen LogP contribution is 2.21. The van der Waals surface area contributed by atoms with Crippen LogP contribution in [0.5, 0.6) is 0 Å². The monoisotopic (exact) mass is 203 g/mol. The molecular weight excluding hydrogens is 190 g/mol. The van der Waals surface area contributed by atoms with Gasteiger partial charge in [-0.1, -0.05) is 19.1 Å². The number of benzene rings is 1. The summed E-state index contributed by atoms with van der Waals surface area (Å²) < 4.78 is 5.14. The molecule has 0 saturated carbocycles. The van der Waals surface area contributed by atoms with Gasteiger partial charge >= 0.3 is 5.63 Å². The first-order valence-electron chi connectivity index (χ1n) is 4.95. The molecule has 1 aromatic carbocycles. The Morgan fingerprint density at radius 1 is 1.40 bits per heavy atom. The molecule has 0 aliphatic carbocycles. The smallest absolute Gasteiger partial charge is 0.359 e. The van der Waals surface area contributed by atoms with Crippen LogP contribution in [0.25, 0.3) is 11.0 Å². The van der Waals surface area contributed by atoms with E-state index in [2.05, 4.69) is 6.92 Å². The number of hydrogen-bond acceptors (Lipinski definition) is 3. The average Bonchev–Trinajstić information content (AvgIpc) is 2.25. The van der Waals surface area contributed by atoms with E-state index in [1.165, 1.54) is 0 Å². The van der Waals surface area contributed by atoms with Gasteiger partial charge in [0.15, 0.2) is 0 Å². The van der Waals surface area contributed by atoms with Crippen molar-refractivity contribution in [3.05, 3.63) is 39.7 Å². The van der Waals surface area contributed by atoms with Crippen LogP contribution in [0, 0.1) is 6.92 Å². The Morgan fingerprint density at radius 2 is 2.13 bits per heavy atom. The van der Waals surface area contributed by atoms with E-state index >= 15 is 0 Å². The number of aryl methyl sites for hydroxylation is 2. The minimum atomic E-state index is -0.451. The molecule has 0 unspecified atom stereocenters. The van der Waals surface area contributed by atoms with Crippen LogP contribution < -0.4 is 11.4 Å². The van der Waals surface area contributed by atoms with E-state index in [9.17, 15) is 4.79 Å². The van der Waals surface area contributed by atoms with Crippen LogP contribution in [-0.4, -0.2) is 0 Å². The molecule has 2 N–H and O–H groups in total. The summed E-state index contributed by atoms with van der Waals surface area (Å²) in [5.74, 6) is 0. The van der Waals surface area contributed by atoms with E-state index in [0.717, 1.165) is 22.9 Å². The Morgan fingerprint density at radius 3 is 2.80 bits per heavy atom. The molecule has 0 radical (unpaired) electrons. The fourth-order valence-electron chi connectivity index (χ4n) is 1.63. The molecule has 78 valence electrons. The number of anilines is 1. The maximum Gasteiger partial charge on any atom is 0.359 e. The SMILES string of the molecule is CCc1ccc2c(C)c(N)c(=O)oc2c1. The van der Waals surface area contributed by atoms with Gasteiger partial charge in [0.1, 0.15) is 11.3 Å². The van der Waals surface area contributed by atoms with Crippen LogP contribution >= 0.6 is 0 Å². The van der Waals surface area contributed by atoms with E-state index in [1.54, 1.807) is 0 Å². The van der Waals surface area contributed by atoms with E-state index in [-0.39, 0.29) is 5.69 Å². The first-order chi connectivity index (χ1) is 7.13. The first-order valence-corrected chi connectivity index (χ1v) is 4.95. The van der Waals surface area contributed by atoms with Crippen LogP contribution in [0.4, 0.5) is 5.69 Å². The topological polar surface area (TPSA) is 56.2 Å². The summed E-state index contributed by atoms with van der Waals surface area (Å²) in [6.45, 7) is 3.89. The minimum absolute atomic E-state index is 0.201. The molecule has 15 heavy (non-hydrogen) atoms. The average molecular weight is 203 g/mol. The molecule has 3 nitrogen and oxygen atoms in total. The molecule has 0 aliphatic heterocycles. The molecular formula is C12H13NO2. The van der Waals surface area contributed by atoms with Crippen molar-refractivity contribution in [2.75, 3.05) is 5.73 Å². The highest BCUT2D eigenvalue weighted by molar-refractivity contribution is 5.84. The number of rotatable bonds is 1. The van der Waals surface area contributed by atoms with Gasteiger partial charge < -0.3 is 10.2 Å². The zero-order valence-electron chi connectivity index (χ0n) is 8.83. The van der Waals surface area contributed by atoms with Crippen molar-refractivity contribution in [1.29, 1.82) is 0 Å². The molecule has 0 spiro atoms. The zero-order chi connectivity index (χ0) is 11.0. The molecule has 0 bridgehead atoms. The van der Waals surface area contributed by atoms with Crippen molar-refractivity contribution in [3.8, 4) is 0 Å². The number of nitrogens with two attached hydrogens (primary N) is 1. The van der Waals surface area contributed by atoms with Gasteiger partial charge in [-0.3, -0.25) is 0 Å². The van der Waals surface area contributed by atoms with Crippen LogP contribution in [0.15, 0.2) is 27.4 Å². The van der Waals surface area contributed by atoms with Crippen LogP contribution in [-0.2, 0) is 6.42 Å². The van der Waals surface area contributed by atoms with Gasteiger partial charge in [0.2, 0.25) is 0 Å². The summed E-state index contributed by atoms with van der Waals surface area (Å²) in [6, 6.07) is 5.86. The fraction of sp³-hybridized carbons (Fsp3) is 0.250. The summed E-state index contributed by atoms with van der Waals surface area (Å²) >= 11 is 0. The van der Waals surface area contributed by atoms with Gasteiger partial charge in [0, 0.05) is 5.39 Å². The predicted octanol–water partition coefficient (Wildman–Crippen LogP) is 2.25. The molecule has 2 aromatic rings. The van der Waals surface area contributed by atoms with Crippen LogP contribution in [0.3, 0.4) is 0 Å². The minimum Gasteiger partial charge on any atom is -0.421 e. The summed E-state index contributed by atoms with van der Waals surface area (Å²) in [5, 5.41) is 0.907. The van der Waals surface area contributed by atoms with Crippen molar-refractivity contribution in [1.82, 2.24) is 0 Å². The third-order valence-electron chi connectivity index (χ3n) is 2.68. The Balaban J connectivity index is 2.86. The Kier molecular flexibility index (Phi) is 2.23. The molecule has 0 aliphatic rings. The van der Waals surface area contributed by atoms with E-state index in [4.69, 9.17) is 10.2 Å². The van der Waals surface area contributed by atoms with Gasteiger partial charge in [-0.2, -0.15) is 0 Å². The predicted molar refractivity (Wildman–Crippen MR) is 61.0 cm³/mol. The van der Waals surface area contributed by atoms with Gasteiger partial charge in [0.25, 0.3) is 0 Å². The van der Waals surface area contributed by atoms with Crippen molar-refractivity contribution in [2.24, 2.45) is 0 Å². The number of hydrogen-bond donors (Lipinski definition) is 1. The number of nitrogen functional groups attached to an aromatic ring is 1. The molecule has 1 heterocycles. The standard InChI is InChI=1S/C12H13NO2/c1-3-8-4-5-9-7(2)11(13)12(14)15-10(9)6-8/h4-6H,3,13H2,1-2H3. The molecule has 0 amide bonds. The molecule has 0 fully saturated rings. The molecule has 3 heteroatoms. The highest BCUT2D eigenvalue weighted by Gasteiger charge is 2.07. The zero-order valence-corrected chi connectivity index (χ0v) is 8.83. The number of fused-ring (bicyclic) bond motifs is 1. The van der Waals surface area contributed by atoms with Gasteiger partial charge in [-0.25, -0.2) is 4.79 Å². The Labute approximate surface area is 87.5 Å². The van der Waals surface area contributed by atoms with Crippen molar-refractivity contribution >= 4 is 16.7 Å². The molecule has 2 rings (SSSR count). The maximum absolute atomic E-state index is 11.4. The van der Waals surface area contributed by atoms with Crippen LogP contribution in [0.2, 0.25) is 0 Å². The third kappa shape index (κ3) is 1.50.